The predicted molar refractivity (Wildman–Crippen MR) is 89.0 cm³/mol. The molecule has 1 atom stereocenters. The van der Waals surface area contributed by atoms with E-state index in [1.165, 1.54) is 47.9 Å². The molecule has 4 fully saturated rings. The van der Waals surface area contributed by atoms with Gasteiger partial charge in [0.2, 0.25) is 0 Å². The van der Waals surface area contributed by atoms with Crippen molar-refractivity contribution >= 4 is 43.2 Å². The zero-order valence-electron chi connectivity index (χ0n) is 11.3. The molecule has 0 spiro atoms. The molecule has 4 bridgehead atoms. The van der Waals surface area contributed by atoms with Gasteiger partial charge in [-0.25, -0.2) is 0 Å². The third-order valence-corrected chi connectivity index (χ3v) is 9.72. The van der Waals surface area contributed by atoms with Gasteiger partial charge in [0, 0.05) is 4.88 Å². The second-order valence-corrected chi connectivity index (χ2v) is 10.6. The van der Waals surface area contributed by atoms with E-state index in [2.05, 4.69) is 44.8 Å². The van der Waals surface area contributed by atoms with Crippen LogP contribution in [0.5, 0.6) is 0 Å². The molecule has 1 unspecified atom stereocenters. The lowest BCUT2D eigenvalue weighted by atomic mass is 9.49. The van der Waals surface area contributed by atoms with Crippen LogP contribution in [-0.2, 0) is 0 Å². The molecule has 3 heteroatoms. The van der Waals surface area contributed by atoms with Gasteiger partial charge in [-0.1, -0.05) is 15.9 Å². The van der Waals surface area contributed by atoms with E-state index in [4.69, 9.17) is 0 Å². The molecule has 0 saturated heterocycles. The van der Waals surface area contributed by atoms with Crippen LogP contribution < -0.4 is 0 Å². The lowest BCUT2D eigenvalue weighted by molar-refractivity contribution is -0.0524. The summed E-state index contributed by atoms with van der Waals surface area (Å²) in [4.78, 5) is 2.13. The maximum Gasteiger partial charge on any atom is 0.0730 e. The SMILES string of the molecule is Cc1cc(C(Br)C23CC4CC(CC(C4)C2)C3)sc1Br. The zero-order chi connectivity index (χ0) is 13.2. The lowest BCUT2D eigenvalue weighted by Gasteiger charge is -2.58. The quantitative estimate of drug-likeness (QED) is 0.496. The molecule has 0 nitrogen and oxygen atoms in total. The van der Waals surface area contributed by atoms with Gasteiger partial charge in [0.15, 0.2) is 0 Å². The fourth-order valence-corrected chi connectivity index (χ4v) is 8.06. The Kier molecular flexibility index (Phi) is 3.21. The van der Waals surface area contributed by atoms with Crippen LogP contribution in [-0.4, -0.2) is 0 Å². The first-order valence-corrected chi connectivity index (χ1v) is 9.98. The largest absolute Gasteiger partial charge is 0.132 e. The Hall–Kier alpha value is 0.660. The van der Waals surface area contributed by atoms with Gasteiger partial charge in [-0.15, -0.1) is 11.3 Å². The first-order chi connectivity index (χ1) is 9.06. The van der Waals surface area contributed by atoms with Gasteiger partial charge in [0.05, 0.1) is 8.61 Å². The van der Waals surface area contributed by atoms with Crippen LogP contribution in [0.15, 0.2) is 9.85 Å². The number of aryl methyl sites for hydroxylation is 1. The first-order valence-electron chi connectivity index (χ1n) is 7.46. The highest BCUT2D eigenvalue weighted by Crippen LogP contribution is 2.66. The third-order valence-electron chi connectivity index (χ3n) is 5.75. The van der Waals surface area contributed by atoms with E-state index in [0.29, 0.717) is 10.2 Å². The number of halogens is 2. The fourth-order valence-electron chi connectivity index (χ4n) is 5.40. The second kappa shape index (κ2) is 4.58. The Morgan fingerprint density at radius 3 is 2.11 bits per heavy atom. The average molecular weight is 404 g/mol. The highest BCUT2D eigenvalue weighted by molar-refractivity contribution is 9.11. The molecule has 4 aliphatic rings. The minimum Gasteiger partial charge on any atom is -0.132 e. The summed E-state index contributed by atoms with van der Waals surface area (Å²) in [6, 6.07) is 2.40. The monoisotopic (exact) mass is 402 g/mol. The molecule has 5 rings (SSSR count). The Bertz CT molecular complexity index is 450. The molecular formula is C16H20Br2S. The summed E-state index contributed by atoms with van der Waals surface area (Å²) in [5.74, 6) is 3.11. The predicted octanol–water partition coefficient (Wildman–Crippen LogP) is 6.47. The van der Waals surface area contributed by atoms with E-state index >= 15 is 0 Å². The lowest BCUT2D eigenvalue weighted by Crippen LogP contribution is -2.47. The summed E-state index contributed by atoms with van der Waals surface area (Å²) < 4.78 is 1.32. The van der Waals surface area contributed by atoms with E-state index in [1.54, 1.807) is 4.88 Å². The van der Waals surface area contributed by atoms with Gasteiger partial charge in [0.1, 0.15) is 0 Å². The zero-order valence-corrected chi connectivity index (χ0v) is 15.3. The number of hydrogen-bond acceptors (Lipinski definition) is 1. The highest BCUT2D eigenvalue weighted by atomic mass is 79.9. The maximum atomic E-state index is 4.11. The minimum atomic E-state index is 0.575. The van der Waals surface area contributed by atoms with Gasteiger partial charge >= 0.3 is 0 Å². The molecule has 0 aliphatic heterocycles. The van der Waals surface area contributed by atoms with Crippen LogP contribution in [0.2, 0.25) is 0 Å². The number of hydrogen-bond donors (Lipinski definition) is 0. The van der Waals surface area contributed by atoms with E-state index in [0.717, 1.165) is 17.8 Å². The molecule has 0 N–H and O–H groups in total. The Balaban J connectivity index is 1.67. The molecule has 0 radical (unpaired) electrons. The summed E-state index contributed by atoms with van der Waals surface area (Å²) in [5.41, 5.74) is 1.97. The summed E-state index contributed by atoms with van der Waals surface area (Å²) in [5, 5.41) is 0. The van der Waals surface area contributed by atoms with Crippen molar-refractivity contribution in [2.24, 2.45) is 23.2 Å². The molecular weight excluding hydrogens is 384 g/mol. The molecule has 1 heterocycles. The van der Waals surface area contributed by atoms with Crippen molar-refractivity contribution < 1.29 is 0 Å². The normalized spacial score (nSPS) is 41.7. The summed E-state index contributed by atoms with van der Waals surface area (Å²) >= 11 is 9.74. The van der Waals surface area contributed by atoms with Crippen LogP contribution in [0.25, 0.3) is 0 Å². The van der Waals surface area contributed by atoms with Crippen LogP contribution in [0, 0.1) is 30.1 Å². The van der Waals surface area contributed by atoms with Gasteiger partial charge in [0.25, 0.3) is 0 Å². The summed E-state index contributed by atoms with van der Waals surface area (Å²) in [6.45, 7) is 2.21. The van der Waals surface area contributed by atoms with Gasteiger partial charge in [-0.2, -0.15) is 0 Å². The van der Waals surface area contributed by atoms with Crippen molar-refractivity contribution in [3.8, 4) is 0 Å². The fraction of sp³-hybridized carbons (Fsp3) is 0.750. The van der Waals surface area contributed by atoms with E-state index in [1.807, 2.05) is 11.3 Å². The smallest absolute Gasteiger partial charge is 0.0730 e. The van der Waals surface area contributed by atoms with Crippen molar-refractivity contribution in [2.75, 3.05) is 0 Å². The second-order valence-electron chi connectivity index (χ2n) is 7.25. The molecule has 4 aliphatic carbocycles. The first kappa shape index (κ1) is 13.3. The molecule has 19 heavy (non-hydrogen) atoms. The number of thiophene rings is 1. The van der Waals surface area contributed by atoms with E-state index in [9.17, 15) is 0 Å². The van der Waals surface area contributed by atoms with Gasteiger partial charge in [-0.05, 0) is 96.2 Å². The van der Waals surface area contributed by atoms with Crippen molar-refractivity contribution in [2.45, 2.75) is 50.3 Å². The van der Waals surface area contributed by atoms with Gasteiger partial charge < -0.3 is 0 Å². The molecule has 1 aromatic heterocycles. The van der Waals surface area contributed by atoms with E-state index in [-0.39, 0.29) is 0 Å². The van der Waals surface area contributed by atoms with Crippen molar-refractivity contribution in [1.29, 1.82) is 0 Å². The standard InChI is InChI=1S/C16H20Br2S/c1-9-2-13(19-15(9)18)14(17)16-6-10-3-11(7-16)5-12(4-10)8-16/h2,10-12,14H,3-8H2,1H3. The Labute approximate surface area is 136 Å². The van der Waals surface area contributed by atoms with E-state index < -0.39 is 0 Å². The van der Waals surface area contributed by atoms with Crippen LogP contribution in [0.4, 0.5) is 0 Å². The maximum absolute atomic E-state index is 4.11. The molecule has 0 amide bonds. The Morgan fingerprint density at radius 2 is 1.68 bits per heavy atom. The third kappa shape index (κ3) is 2.10. The van der Waals surface area contributed by atoms with Crippen molar-refractivity contribution in [3.63, 3.8) is 0 Å². The summed E-state index contributed by atoms with van der Waals surface area (Å²) in [6.07, 6.45) is 9.03. The topological polar surface area (TPSA) is 0 Å². The van der Waals surface area contributed by atoms with Crippen LogP contribution in [0.1, 0.15) is 53.8 Å². The van der Waals surface area contributed by atoms with Crippen LogP contribution >= 0.6 is 43.2 Å². The molecule has 0 aromatic carbocycles. The summed E-state index contributed by atoms with van der Waals surface area (Å²) in [7, 11) is 0. The average Bonchev–Trinajstić information content (AvgIpc) is 2.67. The highest BCUT2D eigenvalue weighted by Gasteiger charge is 2.54. The Morgan fingerprint density at radius 1 is 1.16 bits per heavy atom. The number of alkyl halides is 1. The van der Waals surface area contributed by atoms with Crippen molar-refractivity contribution in [3.05, 3.63) is 20.3 Å². The van der Waals surface area contributed by atoms with Gasteiger partial charge in [-0.3, -0.25) is 0 Å². The molecule has 4 saturated carbocycles. The van der Waals surface area contributed by atoms with Crippen molar-refractivity contribution in [1.82, 2.24) is 0 Å². The van der Waals surface area contributed by atoms with Crippen LogP contribution in [0.3, 0.4) is 0 Å². The number of rotatable bonds is 2. The minimum absolute atomic E-state index is 0.575. The molecule has 1 aromatic rings. The molecule has 104 valence electrons.